The van der Waals surface area contributed by atoms with Gasteiger partial charge in [-0.1, -0.05) is 15.9 Å². The zero-order chi connectivity index (χ0) is 13.9. The Morgan fingerprint density at radius 3 is 2.50 bits per heavy atom. The van der Waals surface area contributed by atoms with Crippen molar-refractivity contribution in [1.82, 2.24) is 0 Å². The number of halogens is 2. The number of hydrogen-bond acceptors (Lipinski definition) is 3. The van der Waals surface area contributed by atoms with E-state index in [1.807, 2.05) is 0 Å². The zero-order valence-electron chi connectivity index (χ0n) is 10.1. The largest absolute Gasteiger partial charge is 0.478 e. The quantitative estimate of drug-likeness (QED) is 0.575. The molecule has 0 atom stereocenters. The summed E-state index contributed by atoms with van der Waals surface area (Å²) in [5, 5.41) is 0. The second-order valence-electron chi connectivity index (χ2n) is 3.83. The minimum absolute atomic E-state index is 0.101. The molecule has 0 fully saturated rings. The van der Waals surface area contributed by atoms with Gasteiger partial charge in [0.05, 0.1) is 6.10 Å². The molecule has 100 valence electrons. The van der Waals surface area contributed by atoms with Crippen molar-refractivity contribution in [3.05, 3.63) is 27.1 Å². The summed E-state index contributed by atoms with van der Waals surface area (Å²) in [7, 11) is -3.77. The summed E-state index contributed by atoms with van der Waals surface area (Å²) >= 11 is 6.43. The fourth-order valence-corrected chi connectivity index (χ4v) is 3.70. The van der Waals surface area contributed by atoms with Gasteiger partial charge in [-0.05, 0) is 48.0 Å². The molecule has 4 nitrogen and oxygen atoms in total. The fourth-order valence-electron chi connectivity index (χ4n) is 1.26. The average Bonchev–Trinajstić information content (AvgIpc) is 2.19. The van der Waals surface area contributed by atoms with Gasteiger partial charge in [0.2, 0.25) is 0 Å². The van der Waals surface area contributed by atoms with E-state index >= 15 is 0 Å². The predicted octanol–water partition coefficient (Wildman–Crippen LogP) is 3.74. The summed E-state index contributed by atoms with van der Waals surface area (Å²) in [4.78, 5) is 0.101. The van der Waals surface area contributed by atoms with Gasteiger partial charge in [0.25, 0.3) is 10.0 Å². The van der Waals surface area contributed by atoms with Gasteiger partial charge in [-0.3, -0.25) is 0 Å². The van der Waals surface area contributed by atoms with Crippen LogP contribution in [0.15, 0.2) is 36.4 Å². The van der Waals surface area contributed by atoms with Gasteiger partial charge < -0.3 is 4.74 Å². The molecule has 0 aliphatic rings. The van der Waals surface area contributed by atoms with Crippen LogP contribution < -0.4 is 0 Å². The molecule has 1 rings (SSSR count). The Hall–Kier alpha value is -0.400. The van der Waals surface area contributed by atoms with E-state index in [1.54, 1.807) is 26.0 Å². The van der Waals surface area contributed by atoms with Crippen molar-refractivity contribution < 1.29 is 13.2 Å². The Bertz CT molecular complexity index is 568. The molecule has 0 radical (unpaired) electrons. The Balaban J connectivity index is 3.18. The second kappa shape index (κ2) is 6.16. The molecule has 0 bridgehead atoms. The van der Waals surface area contributed by atoms with E-state index in [-0.39, 0.29) is 16.9 Å². The Kier molecular flexibility index (Phi) is 5.36. The van der Waals surface area contributed by atoms with E-state index in [0.717, 1.165) is 0 Å². The minimum Gasteiger partial charge on any atom is -0.478 e. The van der Waals surface area contributed by atoms with Gasteiger partial charge in [-0.2, -0.15) is 8.42 Å². The van der Waals surface area contributed by atoms with Crippen LogP contribution in [0.3, 0.4) is 0 Å². The average molecular weight is 399 g/mol. The summed E-state index contributed by atoms with van der Waals surface area (Å²) in [6.45, 7) is 5.13. The van der Waals surface area contributed by atoms with Crippen LogP contribution in [-0.4, -0.2) is 20.4 Å². The maximum absolute atomic E-state index is 12.1. The lowest BCUT2D eigenvalue weighted by atomic mass is 10.4. The molecular formula is C11H13Br2NO3S. The monoisotopic (exact) mass is 397 g/mol. The van der Waals surface area contributed by atoms with E-state index in [9.17, 15) is 8.42 Å². The number of benzene rings is 1. The summed E-state index contributed by atoms with van der Waals surface area (Å²) in [5.74, 6) is 0.122. The summed E-state index contributed by atoms with van der Waals surface area (Å²) in [5.41, 5.74) is 0. The lowest BCUT2D eigenvalue weighted by Crippen LogP contribution is -2.11. The van der Waals surface area contributed by atoms with E-state index < -0.39 is 10.0 Å². The molecule has 18 heavy (non-hydrogen) atoms. The fraction of sp³-hybridized carbons (Fsp3) is 0.364. The minimum atomic E-state index is -3.77. The Labute approximate surface area is 124 Å². The van der Waals surface area contributed by atoms with Crippen molar-refractivity contribution in [2.45, 2.75) is 31.8 Å². The Morgan fingerprint density at radius 2 is 1.94 bits per heavy atom. The molecule has 0 N–H and O–H groups in total. The van der Waals surface area contributed by atoms with Crippen molar-refractivity contribution in [3.63, 3.8) is 0 Å². The van der Waals surface area contributed by atoms with Crippen LogP contribution in [0.2, 0.25) is 0 Å². The first-order valence-electron chi connectivity index (χ1n) is 5.15. The Morgan fingerprint density at radius 1 is 1.33 bits per heavy atom. The summed E-state index contributed by atoms with van der Waals surface area (Å²) in [6, 6.07) is 4.88. The van der Waals surface area contributed by atoms with E-state index in [2.05, 4.69) is 36.3 Å². The first-order valence-corrected chi connectivity index (χ1v) is 8.18. The molecule has 0 unspecified atom stereocenters. The third kappa shape index (κ3) is 4.37. The van der Waals surface area contributed by atoms with Crippen LogP contribution in [0.5, 0.6) is 0 Å². The maximum atomic E-state index is 12.1. The molecule has 0 saturated carbocycles. The van der Waals surface area contributed by atoms with Gasteiger partial charge in [0.15, 0.2) is 5.90 Å². The van der Waals surface area contributed by atoms with Gasteiger partial charge in [0.1, 0.15) is 4.90 Å². The maximum Gasteiger partial charge on any atom is 0.286 e. The van der Waals surface area contributed by atoms with Crippen LogP contribution in [0.4, 0.5) is 0 Å². The van der Waals surface area contributed by atoms with Crippen LogP contribution in [-0.2, 0) is 14.8 Å². The zero-order valence-corrected chi connectivity index (χ0v) is 14.1. The third-order valence-electron chi connectivity index (χ3n) is 1.83. The second-order valence-corrected chi connectivity index (χ2v) is 7.17. The predicted molar refractivity (Wildman–Crippen MR) is 78.4 cm³/mol. The number of nitrogens with zero attached hydrogens (tertiary/aromatic N) is 1. The van der Waals surface area contributed by atoms with Gasteiger partial charge in [-0.25, -0.2) is 0 Å². The SMILES string of the molecule is C/C(=N/S(=O)(=O)c1cc(Br)ccc1Br)OC(C)C. The topological polar surface area (TPSA) is 55.7 Å². The highest BCUT2D eigenvalue weighted by atomic mass is 79.9. The molecule has 0 heterocycles. The molecule has 0 amide bonds. The molecule has 0 aliphatic heterocycles. The van der Waals surface area contributed by atoms with Crippen molar-refractivity contribution in [2.24, 2.45) is 4.40 Å². The molecule has 0 aromatic heterocycles. The normalized spacial score (nSPS) is 12.9. The van der Waals surface area contributed by atoms with Crippen molar-refractivity contribution in [1.29, 1.82) is 0 Å². The summed E-state index contributed by atoms with van der Waals surface area (Å²) in [6.07, 6.45) is -0.116. The highest BCUT2D eigenvalue weighted by Gasteiger charge is 2.18. The number of sulfonamides is 1. The van der Waals surface area contributed by atoms with Gasteiger partial charge in [-0.15, -0.1) is 4.40 Å². The van der Waals surface area contributed by atoms with Gasteiger partial charge >= 0.3 is 0 Å². The van der Waals surface area contributed by atoms with Crippen LogP contribution in [0.1, 0.15) is 20.8 Å². The highest BCUT2D eigenvalue weighted by Crippen LogP contribution is 2.27. The van der Waals surface area contributed by atoms with Crippen LogP contribution in [0, 0.1) is 0 Å². The molecule has 0 aliphatic carbocycles. The van der Waals surface area contributed by atoms with Crippen LogP contribution in [0.25, 0.3) is 0 Å². The van der Waals surface area contributed by atoms with E-state index in [4.69, 9.17) is 4.74 Å². The molecule has 0 saturated heterocycles. The van der Waals surface area contributed by atoms with Crippen molar-refractivity contribution in [3.8, 4) is 0 Å². The molecule has 0 spiro atoms. The van der Waals surface area contributed by atoms with Crippen molar-refractivity contribution >= 4 is 47.8 Å². The molecular weight excluding hydrogens is 386 g/mol. The smallest absolute Gasteiger partial charge is 0.286 e. The standard InChI is InChI=1S/C11H13Br2NO3S/c1-7(2)17-8(3)14-18(15,16)11-6-9(12)4-5-10(11)13/h4-7H,1-3H3/b14-8-. The van der Waals surface area contributed by atoms with Gasteiger partial charge in [0, 0.05) is 15.9 Å². The number of hydrogen-bond donors (Lipinski definition) is 0. The van der Waals surface area contributed by atoms with Crippen LogP contribution >= 0.6 is 31.9 Å². The lowest BCUT2D eigenvalue weighted by Gasteiger charge is -2.09. The lowest BCUT2D eigenvalue weighted by molar-refractivity contribution is 0.227. The number of ether oxygens (including phenoxy) is 1. The van der Waals surface area contributed by atoms with E-state index in [0.29, 0.717) is 8.95 Å². The first kappa shape index (κ1) is 15.7. The summed E-state index contributed by atoms with van der Waals surface area (Å²) < 4.78 is 34.1. The molecule has 7 heteroatoms. The first-order chi connectivity index (χ1) is 8.22. The molecule has 1 aromatic carbocycles. The highest BCUT2D eigenvalue weighted by molar-refractivity contribution is 9.11. The molecule has 1 aromatic rings. The number of rotatable bonds is 3. The third-order valence-corrected chi connectivity index (χ3v) is 4.66. The van der Waals surface area contributed by atoms with E-state index in [1.165, 1.54) is 13.0 Å². The van der Waals surface area contributed by atoms with Crippen molar-refractivity contribution in [2.75, 3.05) is 0 Å².